The van der Waals surface area contributed by atoms with Crippen LogP contribution in [0.5, 0.6) is 0 Å². The lowest BCUT2D eigenvalue weighted by atomic mass is 10.1. The Labute approximate surface area is 219 Å². The van der Waals surface area contributed by atoms with Gasteiger partial charge in [-0.1, -0.05) is 30.3 Å². The van der Waals surface area contributed by atoms with Gasteiger partial charge in [0.1, 0.15) is 11.2 Å². The van der Waals surface area contributed by atoms with Gasteiger partial charge in [0.2, 0.25) is 5.95 Å². The standard InChI is InChI=1S/C27H39N5O5/c1-26(2,3)36-24(34)32(25(35)37-27(4,5)6)17-21-14-28-23(29-15-21)31-13-12-30(18-22(31)19-33)16-20-10-8-7-9-11-20/h7-11,14-15,22,33H,12-13,16-19H2,1-6H3. The number of nitrogens with zero attached hydrogens (tertiary/aromatic N) is 5. The molecule has 0 aliphatic carbocycles. The van der Waals surface area contributed by atoms with Crippen LogP contribution in [0.15, 0.2) is 42.7 Å². The first-order chi connectivity index (χ1) is 17.3. The fourth-order valence-electron chi connectivity index (χ4n) is 3.92. The number of carbonyl (C=O) groups excluding carboxylic acids is 2. The van der Waals surface area contributed by atoms with Crippen molar-refractivity contribution in [1.29, 1.82) is 0 Å². The number of carbonyl (C=O) groups is 2. The molecular weight excluding hydrogens is 474 g/mol. The Kier molecular flexibility index (Phi) is 9.09. The number of amides is 2. The number of aliphatic hydroxyl groups excluding tert-OH is 1. The van der Waals surface area contributed by atoms with Gasteiger partial charge in [0.15, 0.2) is 0 Å². The number of benzene rings is 1. The molecule has 1 N–H and O–H groups in total. The highest BCUT2D eigenvalue weighted by atomic mass is 16.6. The van der Waals surface area contributed by atoms with Crippen LogP contribution in [0.2, 0.25) is 0 Å². The van der Waals surface area contributed by atoms with E-state index in [4.69, 9.17) is 9.47 Å². The third-order valence-corrected chi connectivity index (χ3v) is 5.54. The van der Waals surface area contributed by atoms with Crippen LogP contribution in [0.1, 0.15) is 52.7 Å². The molecule has 1 fully saturated rings. The molecule has 202 valence electrons. The molecule has 37 heavy (non-hydrogen) atoms. The average Bonchev–Trinajstić information content (AvgIpc) is 2.81. The first-order valence-corrected chi connectivity index (χ1v) is 12.5. The first-order valence-electron chi connectivity index (χ1n) is 12.5. The van der Waals surface area contributed by atoms with Crippen LogP contribution in [0.4, 0.5) is 15.5 Å². The fraction of sp³-hybridized carbons (Fsp3) is 0.556. The van der Waals surface area contributed by atoms with E-state index in [0.717, 1.165) is 18.0 Å². The molecule has 2 heterocycles. The lowest BCUT2D eigenvalue weighted by Gasteiger charge is -2.40. The van der Waals surface area contributed by atoms with E-state index < -0.39 is 23.4 Å². The summed E-state index contributed by atoms with van der Waals surface area (Å²) in [6.45, 7) is 13.2. The van der Waals surface area contributed by atoms with E-state index in [1.54, 1.807) is 53.9 Å². The second-order valence-electron chi connectivity index (χ2n) is 11.2. The largest absolute Gasteiger partial charge is 0.443 e. The summed E-state index contributed by atoms with van der Waals surface area (Å²) in [5.41, 5.74) is 0.218. The van der Waals surface area contributed by atoms with Crippen molar-refractivity contribution in [2.75, 3.05) is 31.1 Å². The van der Waals surface area contributed by atoms with Crippen molar-refractivity contribution >= 4 is 18.1 Å². The molecule has 1 atom stereocenters. The van der Waals surface area contributed by atoms with Crippen molar-refractivity contribution < 1.29 is 24.2 Å². The monoisotopic (exact) mass is 513 g/mol. The second kappa shape index (κ2) is 11.9. The van der Waals surface area contributed by atoms with E-state index in [1.807, 2.05) is 23.1 Å². The smallest absolute Gasteiger partial charge is 0.420 e. The summed E-state index contributed by atoms with van der Waals surface area (Å²) in [5.74, 6) is 0.489. The molecule has 10 heteroatoms. The van der Waals surface area contributed by atoms with Crippen LogP contribution in [-0.4, -0.2) is 80.5 Å². The SMILES string of the molecule is CC(C)(C)OC(=O)N(Cc1cnc(N2CCN(Cc3ccccc3)CC2CO)nc1)C(=O)OC(C)(C)C. The van der Waals surface area contributed by atoms with E-state index >= 15 is 0 Å². The van der Waals surface area contributed by atoms with Crippen LogP contribution in [0.25, 0.3) is 0 Å². The molecular formula is C27H39N5O5. The van der Waals surface area contributed by atoms with Gasteiger partial charge in [-0.05, 0) is 47.1 Å². The number of hydrogen-bond acceptors (Lipinski definition) is 9. The highest BCUT2D eigenvalue weighted by molar-refractivity contribution is 5.88. The highest BCUT2D eigenvalue weighted by Gasteiger charge is 2.32. The van der Waals surface area contributed by atoms with Crippen molar-refractivity contribution in [1.82, 2.24) is 19.8 Å². The quantitative estimate of drug-likeness (QED) is 0.616. The third-order valence-electron chi connectivity index (χ3n) is 5.54. The Morgan fingerprint density at radius 1 is 0.946 bits per heavy atom. The van der Waals surface area contributed by atoms with Gasteiger partial charge in [-0.15, -0.1) is 0 Å². The number of piperazine rings is 1. The molecule has 1 aliphatic rings. The van der Waals surface area contributed by atoms with Crippen LogP contribution < -0.4 is 4.90 Å². The summed E-state index contributed by atoms with van der Waals surface area (Å²) in [7, 11) is 0. The zero-order valence-corrected chi connectivity index (χ0v) is 22.7. The van der Waals surface area contributed by atoms with Gasteiger partial charge in [0, 0.05) is 44.1 Å². The molecule has 0 bridgehead atoms. The van der Waals surface area contributed by atoms with Crippen molar-refractivity contribution in [3.63, 3.8) is 0 Å². The number of aromatic nitrogens is 2. The summed E-state index contributed by atoms with van der Waals surface area (Å²) >= 11 is 0. The number of ether oxygens (including phenoxy) is 2. The fourth-order valence-corrected chi connectivity index (χ4v) is 3.92. The van der Waals surface area contributed by atoms with Gasteiger partial charge in [-0.25, -0.2) is 24.5 Å². The zero-order valence-electron chi connectivity index (χ0n) is 22.7. The summed E-state index contributed by atoms with van der Waals surface area (Å²) in [4.78, 5) is 39.7. The average molecular weight is 514 g/mol. The summed E-state index contributed by atoms with van der Waals surface area (Å²) in [6.07, 6.45) is 1.55. The highest BCUT2D eigenvalue weighted by Crippen LogP contribution is 2.20. The molecule has 2 amide bonds. The number of rotatable bonds is 6. The maximum atomic E-state index is 12.8. The molecule has 0 saturated carbocycles. The molecule has 1 aliphatic heterocycles. The Bertz CT molecular complexity index is 1010. The van der Waals surface area contributed by atoms with Gasteiger partial charge in [-0.3, -0.25) is 4.90 Å². The van der Waals surface area contributed by atoms with Crippen LogP contribution in [-0.2, 0) is 22.6 Å². The predicted molar refractivity (Wildman–Crippen MR) is 140 cm³/mol. The Morgan fingerprint density at radius 3 is 2.03 bits per heavy atom. The topological polar surface area (TPSA) is 108 Å². The Balaban J connectivity index is 1.69. The van der Waals surface area contributed by atoms with Crippen molar-refractivity contribution in [2.45, 2.75) is 71.9 Å². The van der Waals surface area contributed by atoms with Gasteiger partial charge < -0.3 is 19.5 Å². The number of imide groups is 1. The van der Waals surface area contributed by atoms with Crippen LogP contribution in [0, 0.1) is 0 Å². The lowest BCUT2D eigenvalue weighted by molar-refractivity contribution is -0.000278. The molecule has 2 aromatic rings. The van der Waals surface area contributed by atoms with Crippen molar-refractivity contribution in [3.05, 3.63) is 53.9 Å². The van der Waals surface area contributed by atoms with E-state index in [2.05, 4.69) is 27.0 Å². The summed E-state index contributed by atoms with van der Waals surface area (Å²) in [5, 5.41) is 10.1. The number of anilines is 1. The predicted octanol–water partition coefficient (Wildman–Crippen LogP) is 3.83. The summed E-state index contributed by atoms with van der Waals surface area (Å²) < 4.78 is 10.8. The molecule has 1 aromatic carbocycles. The Hall–Kier alpha value is -3.24. The van der Waals surface area contributed by atoms with Crippen LogP contribution >= 0.6 is 0 Å². The summed E-state index contributed by atoms with van der Waals surface area (Å²) in [6, 6.07) is 10.1. The van der Waals surface area contributed by atoms with E-state index in [-0.39, 0.29) is 19.2 Å². The lowest BCUT2D eigenvalue weighted by Crippen LogP contribution is -2.55. The molecule has 1 unspecified atom stereocenters. The van der Waals surface area contributed by atoms with E-state index in [0.29, 0.717) is 24.6 Å². The van der Waals surface area contributed by atoms with Crippen molar-refractivity contribution in [3.8, 4) is 0 Å². The van der Waals surface area contributed by atoms with E-state index in [9.17, 15) is 14.7 Å². The molecule has 10 nitrogen and oxygen atoms in total. The first kappa shape index (κ1) is 28.3. The van der Waals surface area contributed by atoms with E-state index in [1.165, 1.54) is 5.56 Å². The maximum absolute atomic E-state index is 12.8. The minimum atomic E-state index is -0.805. The molecule has 3 rings (SSSR count). The third kappa shape index (κ3) is 8.68. The minimum Gasteiger partial charge on any atom is -0.443 e. The molecule has 1 aromatic heterocycles. The van der Waals surface area contributed by atoms with Gasteiger partial charge in [0.25, 0.3) is 0 Å². The van der Waals surface area contributed by atoms with Gasteiger partial charge >= 0.3 is 12.2 Å². The number of hydrogen-bond donors (Lipinski definition) is 1. The molecule has 1 saturated heterocycles. The normalized spacial score (nSPS) is 16.8. The maximum Gasteiger partial charge on any atom is 0.420 e. The van der Waals surface area contributed by atoms with Crippen molar-refractivity contribution in [2.24, 2.45) is 0 Å². The molecule has 0 radical (unpaired) electrons. The number of aliphatic hydroxyl groups is 1. The van der Waals surface area contributed by atoms with Crippen LogP contribution in [0.3, 0.4) is 0 Å². The minimum absolute atomic E-state index is 0.0263. The molecule has 0 spiro atoms. The van der Waals surface area contributed by atoms with Gasteiger partial charge in [-0.2, -0.15) is 0 Å². The Morgan fingerprint density at radius 2 is 1.51 bits per heavy atom. The van der Waals surface area contributed by atoms with Gasteiger partial charge in [0.05, 0.1) is 19.2 Å². The second-order valence-corrected chi connectivity index (χ2v) is 11.2. The zero-order chi connectivity index (χ0) is 27.2.